The Morgan fingerprint density at radius 1 is 1.32 bits per heavy atom. The van der Waals surface area contributed by atoms with E-state index < -0.39 is 0 Å². The monoisotopic (exact) mass is 380 g/mol. The maximum absolute atomic E-state index is 12.6. The molecule has 7 nitrogen and oxygen atoms in total. The number of benzene rings is 1. The maximum atomic E-state index is 12.6. The summed E-state index contributed by atoms with van der Waals surface area (Å²) < 4.78 is 0. The second kappa shape index (κ2) is 8.04. The van der Waals surface area contributed by atoms with Crippen LogP contribution in [0.2, 0.25) is 0 Å². The smallest absolute Gasteiger partial charge is 0.317 e. The zero-order valence-electron chi connectivity index (χ0n) is 16.6. The van der Waals surface area contributed by atoms with Crippen LogP contribution < -0.4 is 5.32 Å². The summed E-state index contributed by atoms with van der Waals surface area (Å²) in [5, 5.41) is 10.3. The van der Waals surface area contributed by atoms with Gasteiger partial charge >= 0.3 is 6.03 Å². The van der Waals surface area contributed by atoms with Crippen LogP contribution in [0.5, 0.6) is 0 Å². The molecule has 0 saturated carbocycles. The largest absolute Gasteiger partial charge is 0.342 e. The van der Waals surface area contributed by atoms with E-state index in [1.807, 2.05) is 36.9 Å². The number of nitrogens with one attached hydrogen (secondary N) is 3. The lowest BCUT2D eigenvalue weighted by atomic mass is 9.95. The number of piperidine rings is 1. The minimum Gasteiger partial charge on any atom is -0.342 e. The van der Waals surface area contributed by atoms with Crippen LogP contribution in [-0.2, 0) is 12.8 Å². The standard InChI is InChI=1S/C21H28N6O/c1-14-17(15(2)26-25-14)9-10-22-21(28)27-11-5-6-16(13-27)12-20-23-18-7-3-4-8-19(18)24-20/h3-4,7-8,16H,5-6,9-13H2,1-2H3,(H,22,28)(H,23,24)(H,25,26)/t16-/m1/s1. The number of imidazole rings is 1. The molecule has 3 aromatic rings. The van der Waals surface area contributed by atoms with E-state index in [1.54, 1.807) is 0 Å². The van der Waals surface area contributed by atoms with Crippen molar-refractivity contribution < 1.29 is 4.79 Å². The van der Waals surface area contributed by atoms with Gasteiger partial charge in [0.25, 0.3) is 0 Å². The predicted molar refractivity (Wildman–Crippen MR) is 109 cm³/mol. The summed E-state index contributed by atoms with van der Waals surface area (Å²) in [7, 11) is 0. The van der Waals surface area contributed by atoms with Crippen LogP contribution >= 0.6 is 0 Å². The lowest BCUT2D eigenvalue weighted by Gasteiger charge is -2.32. The molecule has 2 aromatic heterocycles. The van der Waals surface area contributed by atoms with Crippen molar-refractivity contribution in [2.24, 2.45) is 5.92 Å². The van der Waals surface area contributed by atoms with Gasteiger partial charge in [-0.2, -0.15) is 5.10 Å². The number of nitrogens with zero attached hydrogens (tertiary/aromatic N) is 3. The van der Waals surface area contributed by atoms with Crippen LogP contribution in [0.4, 0.5) is 4.79 Å². The van der Waals surface area contributed by atoms with Crippen LogP contribution in [0.3, 0.4) is 0 Å². The molecular weight excluding hydrogens is 352 g/mol. The van der Waals surface area contributed by atoms with Gasteiger partial charge in [0, 0.05) is 31.7 Å². The third-order valence-corrected chi connectivity index (χ3v) is 5.66. The van der Waals surface area contributed by atoms with Crippen molar-refractivity contribution in [1.29, 1.82) is 0 Å². The minimum absolute atomic E-state index is 0.0353. The van der Waals surface area contributed by atoms with Gasteiger partial charge in [0.15, 0.2) is 0 Å². The summed E-state index contributed by atoms with van der Waals surface area (Å²) in [6.45, 7) is 6.25. The molecule has 2 amide bonds. The first-order valence-corrected chi connectivity index (χ1v) is 10.1. The Labute approximate surface area is 164 Å². The van der Waals surface area contributed by atoms with E-state index in [0.29, 0.717) is 12.5 Å². The first kappa shape index (κ1) is 18.5. The molecule has 1 aromatic carbocycles. The number of rotatable bonds is 5. The highest BCUT2D eigenvalue weighted by atomic mass is 16.2. The van der Waals surface area contributed by atoms with Crippen LogP contribution in [0.1, 0.15) is 35.6 Å². The van der Waals surface area contributed by atoms with Crippen molar-refractivity contribution in [3.05, 3.63) is 47.0 Å². The first-order valence-electron chi connectivity index (χ1n) is 10.1. The van der Waals surface area contributed by atoms with E-state index in [0.717, 1.165) is 67.0 Å². The van der Waals surface area contributed by atoms with Crippen molar-refractivity contribution in [3.63, 3.8) is 0 Å². The highest BCUT2D eigenvalue weighted by Gasteiger charge is 2.24. The average molecular weight is 380 g/mol. The number of fused-ring (bicyclic) bond motifs is 1. The van der Waals surface area contributed by atoms with Gasteiger partial charge in [0.05, 0.1) is 16.7 Å². The van der Waals surface area contributed by atoms with Crippen LogP contribution in [0, 0.1) is 19.8 Å². The number of hydrogen-bond acceptors (Lipinski definition) is 3. The Hall–Kier alpha value is -2.83. The van der Waals surface area contributed by atoms with Gasteiger partial charge in [-0.3, -0.25) is 5.10 Å². The fourth-order valence-electron chi connectivity index (χ4n) is 4.14. The third-order valence-electron chi connectivity index (χ3n) is 5.66. The highest BCUT2D eigenvalue weighted by Crippen LogP contribution is 2.21. The van der Waals surface area contributed by atoms with Crippen molar-refractivity contribution >= 4 is 17.1 Å². The summed E-state index contributed by atoms with van der Waals surface area (Å²) in [4.78, 5) is 22.6. The number of carbonyl (C=O) groups excluding carboxylic acids is 1. The van der Waals surface area contributed by atoms with Crippen molar-refractivity contribution in [3.8, 4) is 0 Å². The SMILES string of the molecule is Cc1n[nH]c(C)c1CCNC(=O)N1CCC[C@H](Cc2nc3ccccc3[nH]2)C1. The van der Waals surface area contributed by atoms with Crippen molar-refractivity contribution in [2.45, 2.75) is 39.5 Å². The molecule has 1 atom stereocenters. The van der Waals surface area contributed by atoms with E-state index >= 15 is 0 Å². The van der Waals surface area contributed by atoms with E-state index in [9.17, 15) is 4.79 Å². The molecular formula is C21H28N6O. The van der Waals surface area contributed by atoms with E-state index in [4.69, 9.17) is 0 Å². The number of aryl methyl sites for hydroxylation is 2. The number of aromatic nitrogens is 4. The van der Waals surface area contributed by atoms with Gasteiger partial charge in [-0.15, -0.1) is 0 Å². The fraction of sp³-hybridized carbons (Fsp3) is 0.476. The molecule has 0 unspecified atom stereocenters. The van der Waals surface area contributed by atoms with Crippen molar-refractivity contribution in [1.82, 2.24) is 30.4 Å². The number of amides is 2. The molecule has 0 radical (unpaired) electrons. The van der Waals surface area contributed by atoms with E-state index in [-0.39, 0.29) is 6.03 Å². The number of likely N-dealkylation sites (tertiary alicyclic amines) is 1. The van der Waals surface area contributed by atoms with Crippen LogP contribution in [0.25, 0.3) is 11.0 Å². The number of aromatic amines is 2. The Bertz CT molecular complexity index is 906. The van der Waals surface area contributed by atoms with Gasteiger partial charge < -0.3 is 15.2 Å². The Morgan fingerprint density at radius 3 is 2.96 bits per heavy atom. The van der Waals surface area contributed by atoms with E-state index in [2.05, 4.69) is 31.5 Å². The third kappa shape index (κ3) is 4.03. The normalized spacial score (nSPS) is 17.2. The fourth-order valence-corrected chi connectivity index (χ4v) is 4.14. The number of hydrogen-bond donors (Lipinski definition) is 3. The first-order chi connectivity index (χ1) is 13.6. The molecule has 148 valence electrons. The molecule has 0 bridgehead atoms. The van der Waals surface area contributed by atoms with Gasteiger partial charge in [0.2, 0.25) is 0 Å². The minimum atomic E-state index is 0.0353. The maximum Gasteiger partial charge on any atom is 0.317 e. The van der Waals surface area contributed by atoms with Gasteiger partial charge in [0.1, 0.15) is 5.82 Å². The molecule has 4 rings (SSSR count). The molecule has 1 aliphatic rings. The van der Waals surface area contributed by atoms with Gasteiger partial charge in [-0.25, -0.2) is 9.78 Å². The molecule has 3 N–H and O–H groups in total. The molecule has 28 heavy (non-hydrogen) atoms. The number of carbonyl (C=O) groups is 1. The predicted octanol–water partition coefficient (Wildman–Crippen LogP) is 3.11. The Balaban J connectivity index is 1.29. The molecule has 0 aliphatic carbocycles. The summed E-state index contributed by atoms with van der Waals surface area (Å²) in [6.07, 6.45) is 3.86. The average Bonchev–Trinajstić information content (AvgIpc) is 3.25. The Kier molecular flexibility index (Phi) is 5.32. The lowest BCUT2D eigenvalue weighted by molar-refractivity contribution is 0.165. The van der Waals surface area contributed by atoms with Crippen LogP contribution in [0.15, 0.2) is 24.3 Å². The summed E-state index contributed by atoms with van der Waals surface area (Å²) in [5.74, 6) is 1.46. The second-order valence-corrected chi connectivity index (χ2v) is 7.75. The molecule has 7 heteroatoms. The highest BCUT2D eigenvalue weighted by molar-refractivity contribution is 5.75. The van der Waals surface area contributed by atoms with Gasteiger partial charge in [-0.1, -0.05) is 12.1 Å². The number of H-pyrrole nitrogens is 2. The Morgan fingerprint density at radius 2 is 2.18 bits per heavy atom. The number of para-hydroxylation sites is 2. The molecule has 3 heterocycles. The summed E-state index contributed by atoms with van der Waals surface area (Å²) >= 11 is 0. The zero-order chi connectivity index (χ0) is 19.5. The summed E-state index contributed by atoms with van der Waals surface area (Å²) in [5.41, 5.74) is 5.37. The van der Waals surface area contributed by atoms with Gasteiger partial charge in [-0.05, 0) is 56.7 Å². The molecule has 1 saturated heterocycles. The topological polar surface area (TPSA) is 89.7 Å². The lowest BCUT2D eigenvalue weighted by Crippen LogP contribution is -2.46. The molecule has 1 aliphatic heterocycles. The quantitative estimate of drug-likeness (QED) is 0.635. The zero-order valence-corrected chi connectivity index (χ0v) is 16.6. The van der Waals surface area contributed by atoms with E-state index in [1.165, 1.54) is 5.56 Å². The molecule has 1 fully saturated rings. The van der Waals surface area contributed by atoms with Crippen molar-refractivity contribution in [2.75, 3.05) is 19.6 Å². The molecule has 0 spiro atoms. The summed E-state index contributed by atoms with van der Waals surface area (Å²) in [6, 6.07) is 8.14. The number of urea groups is 1. The second-order valence-electron chi connectivity index (χ2n) is 7.75. The van der Waals surface area contributed by atoms with Crippen LogP contribution in [-0.4, -0.2) is 50.7 Å².